The monoisotopic (exact) mass is 248 g/mol. The van der Waals surface area contributed by atoms with E-state index < -0.39 is 4.33 Å². The summed E-state index contributed by atoms with van der Waals surface area (Å²) < 4.78 is -1.11. The van der Waals surface area contributed by atoms with Crippen LogP contribution in [0.15, 0.2) is 0 Å². The Hall–Kier alpha value is 0.250. The molecule has 0 aromatic rings. The van der Waals surface area contributed by atoms with Crippen molar-refractivity contribution >= 4 is 29.0 Å². The molecule has 0 aromatic heterocycles. The molecule has 0 aromatic carbocycles. The van der Waals surface area contributed by atoms with Gasteiger partial charge < -0.3 is 0 Å². The van der Waals surface area contributed by atoms with Crippen molar-refractivity contribution in [1.29, 1.82) is 0 Å². The Morgan fingerprint density at radius 1 is 1.40 bits per heavy atom. The van der Waals surface area contributed by atoms with E-state index in [9.17, 15) is 4.79 Å². The minimum Gasteiger partial charge on any atom is -0.296 e. The second-order valence-electron chi connectivity index (χ2n) is 5.69. The molecule has 2 saturated carbocycles. The number of carbonyl (C=O) groups is 1. The van der Waals surface area contributed by atoms with Crippen LogP contribution in [0.25, 0.3) is 0 Å². The standard InChI is InChI=1S/C12H18Cl2O/c1-7(2)8-4-5-11(3)9(6-8)10(15)12(11,13)14/h7-9H,4-6H2,1-3H3/t8-,9?,11-/m1/s1. The number of hydrogen-bond acceptors (Lipinski definition) is 1. The van der Waals surface area contributed by atoms with Crippen molar-refractivity contribution in [3.63, 3.8) is 0 Å². The van der Waals surface area contributed by atoms with E-state index in [1.807, 2.05) is 0 Å². The lowest BCUT2D eigenvalue weighted by Gasteiger charge is -2.59. The fourth-order valence-electron chi connectivity index (χ4n) is 3.14. The molecule has 2 fully saturated rings. The van der Waals surface area contributed by atoms with Crippen LogP contribution in [-0.4, -0.2) is 10.1 Å². The number of halogens is 2. The van der Waals surface area contributed by atoms with Crippen molar-refractivity contribution in [3.8, 4) is 0 Å². The summed E-state index contributed by atoms with van der Waals surface area (Å²) in [6.07, 6.45) is 3.12. The normalized spacial score (nSPS) is 43.7. The molecule has 0 heterocycles. The Labute approximate surface area is 102 Å². The smallest absolute Gasteiger partial charge is 0.182 e. The van der Waals surface area contributed by atoms with E-state index in [4.69, 9.17) is 23.2 Å². The molecule has 2 rings (SSSR count). The molecular formula is C12H18Cl2O. The Morgan fingerprint density at radius 2 is 2.00 bits per heavy atom. The van der Waals surface area contributed by atoms with E-state index in [1.165, 1.54) is 0 Å². The third-order valence-corrected chi connectivity index (χ3v) is 5.86. The van der Waals surface area contributed by atoms with Crippen molar-refractivity contribution in [2.45, 2.75) is 44.4 Å². The van der Waals surface area contributed by atoms with E-state index in [2.05, 4.69) is 20.8 Å². The molecule has 86 valence electrons. The first-order valence-corrected chi connectivity index (χ1v) is 6.48. The third kappa shape index (κ3) is 1.39. The van der Waals surface area contributed by atoms with Gasteiger partial charge in [0.2, 0.25) is 0 Å². The number of Topliss-reactive ketones (excluding diaryl/α,β-unsaturated/α-hetero) is 1. The Balaban J connectivity index is 2.16. The maximum absolute atomic E-state index is 11.8. The average molecular weight is 249 g/mol. The highest BCUT2D eigenvalue weighted by Crippen LogP contribution is 2.65. The van der Waals surface area contributed by atoms with E-state index >= 15 is 0 Å². The molecule has 1 nitrogen and oxygen atoms in total. The molecule has 3 heteroatoms. The van der Waals surface area contributed by atoms with Gasteiger partial charge in [-0.3, -0.25) is 4.79 Å². The molecule has 0 bridgehead atoms. The zero-order chi connectivity index (χ0) is 11.4. The molecule has 0 saturated heterocycles. The summed E-state index contributed by atoms with van der Waals surface area (Å²) in [4.78, 5) is 11.8. The molecule has 15 heavy (non-hydrogen) atoms. The van der Waals surface area contributed by atoms with Gasteiger partial charge in [0, 0.05) is 11.3 Å². The number of fused-ring (bicyclic) bond motifs is 1. The van der Waals surface area contributed by atoms with Gasteiger partial charge in [-0.15, -0.1) is 0 Å². The number of alkyl halides is 2. The molecule has 0 radical (unpaired) electrons. The topological polar surface area (TPSA) is 17.1 Å². The summed E-state index contributed by atoms with van der Waals surface area (Å²) in [6, 6.07) is 0. The first-order chi connectivity index (χ1) is 6.80. The lowest BCUT2D eigenvalue weighted by atomic mass is 9.50. The summed E-state index contributed by atoms with van der Waals surface area (Å²) in [6.45, 7) is 6.52. The first-order valence-electron chi connectivity index (χ1n) is 5.73. The zero-order valence-corrected chi connectivity index (χ0v) is 11.0. The molecule has 3 atom stereocenters. The van der Waals surface area contributed by atoms with Crippen LogP contribution in [0.4, 0.5) is 0 Å². The number of ketones is 1. The van der Waals surface area contributed by atoms with Crippen molar-refractivity contribution < 1.29 is 4.79 Å². The largest absolute Gasteiger partial charge is 0.296 e. The third-order valence-electron chi connectivity index (χ3n) is 4.63. The minimum absolute atomic E-state index is 0.0543. The van der Waals surface area contributed by atoms with Gasteiger partial charge in [0.25, 0.3) is 0 Å². The van der Waals surface area contributed by atoms with Gasteiger partial charge in [-0.2, -0.15) is 0 Å². The van der Waals surface area contributed by atoms with Crippen molar-refractivity contribution in [2.75, 3.05) is 0 Å². The lowest BCUT2D eigenvalue weighted by molar-refractivity contribution is -0.150. The van der Waals surface area contributed by atoms with Crippen LogP contribution in [-0.2, 0) is 4.79 Å². The zero-order valence-electron chi connectivity index (χ0n) is 9.52. The fraction of sp³-hybridized carbons (Fsp3) is 0.917. The van der Waals surface area contributed by atoms with Crippen molar-refractivity contribution in [3.05, 3.63) is 0 Å². The van der Waals surface area contributed by atoms with Crippen LogP contribution in [0.1, 0.15) is 40.0 Å². The van der Waals surface area contributed by atoms with Gasteiger partial charge in [-0.05, 0) is 31.1 Å². The maximum Gasteiger partial charge on any atom is 0.182 e. The second kappa shape index (κ2) is 3.37. The lowest BCUT2D eigenvalue weighted by Crippen LogP contribution is -2.66. The van der Waals surface area contributed by atoms with Crippen LogP contribution in [0.2, 0.25) is 0 Å². The molecule has 2 aliphatic carbocycles. The van der Waals surface area contributed by atoms with Crippen LogP contribution < -0.4 is 0 Å². The van der Waals surface area contributed by atoms with Crippen molar-refractivity contribution in [1.82, 2.24) is 0 Å². The highest BCUT2D eigenvalue weighted by atomic mass is 35.5. The summed E-state index contributed by atoms with van der Waals surface area (Å²) >= 11 is 12.2. The molecule has 0 amide bonds. The fourth-order valence-corrected chi connectivity index (χ4v) is 3.86. The van der Waals surface area contributed by atoms with E-state index in [0.29, 0.717) is 11.8 Å². The van der Waals surface area contributed by atoms with Gasteiger partial charge >= 0.3 is 0 Å². The van der Waals surface area contributed by atoms with Crippen LogP contribution >= 0.6 is 23.2 Å². The quantitative estimate of drug-likeness (QED) is 0.645. The Kier molecular flexibility index (Phi) is 2.63. The van der Waals surface area contributed by atoms with Crippen LogP contribution in [0.5, 0.6) is 0 Å². The molecule has 2 aliphatic rings. The summed E-state index contributed by atoms with van der Waals surface area (Å²) in [5.74, 6) is 1.48. The number of hydrogen-bond donors (Lipinski definition) is 0. The van der Waals surface area contributed by atoms with Gasteiger partial charge in [0.05, 0.1) is 0 Å². The molecule has 1 unspecified atom stereocenters. The SMILES string of the molecule is CC(C)[C@@H]1CC[C@]2(C)C(C1)C(=O)C2(Cl)Cl. The molecular weight excluding hydrogens is 231 g/mol. The average Bonchev–Trinajstić information content (AvgIpc) is 2.17. The predicted molar refractivity (Wildman–Crippen MR) is 63.2 cm³/mol. The second-order valence-corrected chi connectivity index (χ2v) is 7.01. The molecule has 0 N–H and O–H groups in total. The van der Waals surface area contributed by atoms with Gasteiger partial charge in [0.15, 0.2) is 10.1 Å². The highest BCUT2D eigenvalue weighted by Gasteiger charge is 2.69. The summed E-state index contributed by atoms with van der Waals surface area (Å²) in [5, 5.41) is 0. The minimum atomic E-state index is -1.11. The maximum atomic E-state index is 11.8. The Bertz CT molecular complexity index is 298. The van der Waals surface area contributed by atoms with Gasteiger partial charge in [-0.25, -0.2) is 0 Å². The Morgan fingerprint density at radius 3 is 2.53 bits per heavy atom. The summed E-state index contributed by atoms with van der Waals surface area (Å²) in [5.41, 5.74) is -0.168. The predicted octanol–water partition coefficient (Wildman–Crippen LogP) is 3.82. The van der Waals surface area contributed by atoms with Crippen LogP contribution in [0, 0.1) is 23.2 Å². The van der Waals surface area contributed by atoms with Crippen LogP contribution in [0.3, 0.4) is 0 Å². The van der Waals surface area contributed by atoms with E-state index in [1.54, 1.807) is 0 Å². The molecule has 0 aliphatic heterocycles. The highest BCUT2D eigenvalue weighted by molar-refractivity contribution is 6.61. The van der Waals surface area contributed by atoms with E-state index in [0.717, 1.165) is 19.3 Å². The number of rotatable bonds is 1. The van der Waals surface area contributed by atoms with Gasteiger partial charge in [-0.1, -0.05) is 44.0 Å². The summed E-state index contributed by atoms with van der Waals surface area (Å²) in [7, 11) is 0. The van der Waals surface area contributed by atoms with Crippen molar-refractivity contribution in [2.24, 2.45) is 23.2 Å². The van der Waals surface area contributed by atoms with E-state index in [-0.39, 0.29) is 17.1 Å². The molecule has 0 spiro atoms. The van der Waals surface area contributed by atoms with Gasteiger partial charge in [0.1, 0.15) is 0 Å². The first kappa shape index (κ1) is 11.7. The number of carbonyl (C=O) groups excluding carboxylic acids is 1.